The number of nitrogens with zero attached hydrogens (tertiary/aromatic N) is 6. The van der Waals surface area contributed by atoms with Crippen LogP contribution in [-0.2, 0) is 6.42 Å². The number of piperazine rings is 1. The summed E-state index contributed by atoms with van der Waals surface area (Å²) in [5.41, 5.74) is 3.94. The fraction of sp³-hybridized carbons (Fsp3) is 0.667. The van der Waals surface area contributed by atoms with Gasteiger partial charge in [0.15, 0.2) is 0 Å². The summed E-state index contributed by atoms with van der Waals surface area (Å²) in [6, 6.07) is 2.23. The molecular formula is C30H46Cl2N6O2. The van der Waals surface area contributed by atoms with Gasteiger partial charge in [0.2, 0.25) is 5.95 Å². The van der Waals surface area contributed by atoms with Crippen LogP contribution in [-0.4, -0.2) is 84.5 Å². The molecule has 4 aliphatic heterocycles. The van der Waals surface area contributed by atoms with E-state index in [0.29, 0.717) is 5.75 Å². The second-order valence-corrected chi connectivity index (χ2v) is 12.1. The number of rotatable bonds is 5. The van der Waals surface area contributed by atoms with Crippen LogP contribution < -0.4 is 19.4 Å². The summed E-state index contributed by atoms with van der Waals surface area (Å²) >= 11 is 0. The first-order valence-electron chi connectivity index (χ1n) is 14.7. The van der Waals surface area contributed by atoms with E-state index in [-0.39, 0.29) is 30.4 Å². The van der Waals surface area contributed by atoms with Crippen molar-refractivity contribution in [1.82, 2.24) is 14.9 Å². The SMILES string of the molecule is Cc1c(C)c2c(c(C)c1O)CC[C@](C)(CN1CCN(c3cc(N4CCCC4)nc(N4CCCC4)n3)CC1)O2.Cl.Cl. The van der Waals surface area contributed by atoms with Crippen molar-refractivity contribution >= 4 is 42.4 Å². The Morgan fingerprint density at radius 3 is 1.93 bits per heavy atom. The zero-order chi connectivity index (χ0) is 26.4. The van der Waals surface area contributed by atoms with E-state index in [1.807, 2.05) is 13.8 Å². The van der Waals surface area contributed by atoms with Gasteiger partial charge >= 0.3 is 0 Å². The van der Waals surface area contributed by atoms with E-state index in [0.717, 1.165) is 112 Å². The fourth-order valence-electron chi connectivity index (χ4n) is 6.75. The van der Waals surface area contributed by atoms with Gasteiger partial charge in [0, 0.05) is 70.5 Å². The van der Waals surface area contributed by atoms with Crippen molar-refractivity contribution in [3.8, 4) is 11.5 Å². The smallest absolute Gasteiger partial charge is 0.229 e. The molecule has 1 N–H and O–H groups in total. The Kier molecular flexibility index (Phi) is 9.53. The maximum absolute atomic E-state index is 10.5. The number of anilines is 3. The quantitative estimate of drug-likeness (QED) is 0.517. The number of aromatic hydroxyl groups is 1. The molecule has 222 valence electrons. The van der Waals surface area contributed by atoms with E-state index in [2.05, 4.69) is 39.5 Å². The highest BCUT2D eigenvalue weighted by atomic mass is 35.5. The van der Waals surface area contributed by atoms with Crippen molar-refractivity contribution in [1.29, 1.82) is 0 Å². The molecule has 1 aromatic heterocycles. The van der Waals surface area contributed by atoms with Gasteiger partial charge in [-0.15, -0.1) is 24.8 Å². The normalized spacial score (nSPS) is 22.9. The van der Waals surface area contributed by atoms with Crippen LogP contribution in [0.1, 0.15) is 61.3 Å². The number of phenols is 1. The molecule has 0 saturated carbocycles. The van der Waals surface area contributed by atoms with Gasteiger partial charge in [0.05, 0.1) is 0 Å². The van der Waals surface area contributed by atoms with Gasteiger partial charge in [-0.2, -0.15) is 9.97 Å². The van der Waals surface area contributed by atoms with Crippen LogP contribution in [0, 0.1) is 20.8 Å². The van der Waals surface area contributed by atoms with Gasteiger partial charge in [-0.05, 0) is 82.9 Å². The number of aromatic nitrogens is 2. The predicted octanol–water partition coefficient (Wildman–Crippen LogP) is 5.06. The van der Waals surface area contributed by atoms with Gasteiger partial charge in [0.1, 0.15) is 28.7 Å². The fourth-order valence-corrected chi connectivity index (χ4v) is 6.75. The third kappa shape index (κ3) is 5.90. The third-order valence-electron chi connectivity index (χ3n) is 9.35. The summed E-state index contributed by atoms with van der Waals surface area (Å²) < 4.78 is 6.73. The molecule has 0 aliphatic carbocycles. The highest BCUT2D eigenvalue weighted by Crippen LogP contribution is 2.43. The van der Waals surface area contributed by atoms with Crippen molar-refractivity contribution in [3.05, 3.63) is 28.3 Å². The van der Waals surface area contributed by atoms with E-state index < -0.39 is 0 Å². The standard InChI is InChI=1S/C30H44N6O2.2ClH/c1-21-22(2)28-24(23(3)27(21)37)9-10-30(4,38-28)20-33-15-17-35(18-16-33)26-19-25(34-11-5-6-12-34)31-29(32-26)36-13-7-8-14-36;;/h19,37H,5-18,20H2,1-4H3;2*1H/t30-;;/m1../s1. The van der Waals surface area contributed by atoms with Crippen LogP contribution in [0.15, 0.2) is 6.07 Å². The number of hydrogen-bond donors (Lipinski definition) is 1. The lowest BCUT2D eigenvalue weighted by Gasteiger charge is -2.43. The summed E-state index contributed by atoms with van der Waals surface area (Å²) in [7, 11) is 0. The minimum Gasteiger partial charge on any atom is -0.507 e. The molecule has 1 aromatic carbocycles. The molecule has 4 aliphatic rings. The number of phenolic OH excluding ortho intramolecular Hbond substituents is 1. The first-order valence-corrected chi connectivity index (χ1v) is 14.7. The summed E-state index contributed by atoms with van der Waals surface area (Å²) in [4.78, 5) is 19.9. The average molecular weight is 594 g/mol. The number of fused-ring (bicyclic) bond motifs is 1. The summed E-state index contributed by atoms with van der Waals surface area (Å²) in [6.45, 7) is 17.5. The van der Waals surface area contributed by atoms with Crippen LogP contribution in [0.4, 0.5) is 17.6 Å². The Balaban J connectivity index is 0.00000185. The molecule has 3 fully saturated rings. The van der Waals surface area contributed by atoms with Gasteiger partial charge in [-0.3, -0.25) is 4.90 Å². The topological polar surface area (TPSA) is 68.2 Å². The zero-order valence-electron chi connectivity index (χ0n) is 24.5. The van der Waals surface area contributed by atoms with Crippen LogP contribution in [0.2, 0.25) is 0 Å². The van der Waals surface area contributed by atoms with Crippen molar-refractivity contribution < 1.29 is 9.84 Å². The molecule has 3 saturated heterocycles. The lowest BCUT2D eigenvalue weighted by atomic mass is 9.87. The summed E-state index contributed by atoms with van der Waals surface area (Å²) in [6.07, 6.45) is 6.89. The Morgan fingerprint density at radius 1 is 0.775 bits per heavy atom. The largest absolute Gasteiger partial charge is 0.507 e. The molecule has 0 spiro atoms. The number of ether oxygens (including phenoxy) is 1. The number of halogens is 2. The van der Waals surface area contributed by atoms with Crippen molar-refractivity contribution in [2.75, 3.05) is 73.6 Å². The molecular weight excluding hydrogens is 547 g/mol. The van der Waals surface area contributed by atoms with Gasteiger partial charge < -0.3 is 24.5 Å². The Hall–Kier alpha value is -2.16. The maximum atomic E-state index is 10.5. The van der Waals surface area contributed by atoms with Crippen LogP contribution in [0.3, 0.4) is 0 Å². The Bertz CT molecular complexity index is 1160. The molecule has 5 heterocycles. The molecule has 1 atom stereocenters. The highest BCUT2D eigenvalue weighted by Gasteiger charge is 2.37. The first-order chi connectivity index (χ1) is 18.3. The van der Waals surface area contributed by atoms with Gasteiger partial charge in [-0.1, -0.05) is 0 Å². The minimum atomic E-state index is -0.226. The Morgan fingerprint density at radius 2 is 1.32 bits per heavy atom. The zero-order valence-corrected chi connectivity index (χ0v) is 26.2. The van der Waals surface area contributed by atoms with Crippen molar-refractivity contribution in [2.24, 2.45) is 0 Å². The molecule has 8 nitrogen and oxygen atoms in total. The van der Waals surface area contributed by atoms with Crippen molar-refractivity contribution in [3.63, 3.8) is 0 Å². The molecule has 6 rings (SSSR count). The highest BCUT2D eigenvalue weighted by molar-refractivity contribution is 5.85. The van der Waals surface area contributed by atoms with E-state index in [9.17, 15) is 5.11 Å². The molecule has 2 aromatic rings. The molecule has 0 amide bonds. The lowest BCUT2D eigenvalue weighted by Crippen LogP contribution is -2.54. The first kappa shape index (κ1) is 30.8. The summed E-state index contributed by atoms with van der Waals surface area (Å²) in [5, 5.41) is 10.5. The molecule has 0 unspecified atom stereocenters. The Labute approximate surface area is 251 Å². The van der Waals surface area contributed by atoms with E-state index in [1.165, 1.54) is 31.2 Å². The van der Waals surface area contributed by atoms with E-state index in [1.54, 1.807) is 0 Å². The van der Waals surface area contributed by atoms with Crippen LogP contribution in [0.5, 0.6) is 11.5 Å². The third-order valence-corrected chi connectivity index (χ3v) is 9.35. The second-order valence-electron chi connectivity index (χ2n) is 12.1. The van der Waals surface area contributed by atoms with E-state index >= 15 is 0 Å². The second kappa shape index (κ2) is 12.4. The van der Waals surface area contributed by atoms with Gasteiger partial charge in [0.25, 0.3) is 0 Å². The molecule has 40 heavy (non-hydrogen) atoms. The van der Waals surface area contributed by atoms with Crippen LogP contribution >= 0.6 is 24.8 Å². The van der Waals surface area contributed by atoms with Crippen molar-refractivity contribution in [2.45, 2.75) is 71.8 Å². The average Bonchev–Trinajstić information content (AvgIpc) is 3.66. The van der Waals surface area contributed by atoms with E-state index in [4.69, 9.17) is 14.7 Å². The summed E-state index contributed by atoms with van der Waals surface area (Å²) in [5.74, 6) is 4.52. The number of benzene rings is 1. The van der Waals surface area contributed by atoms with Gasteiger partial charge in [-0.25, -0.2) is 0 Å². The maximum Gasteiger partial charge on any atom is 0.229 e. The van der Waals surface area contributed by atoms with Crippen LogP contribution in [0.25, 0.3) is 0 Å². The molecule has 10 heteroatoms. The molecule has 0 bridgehead atoms. The minimum absolute atomic E-state index is 0. The molecule has 0 radical (unpaired) electrons. The lowest BCUT2D eigenvalue weighted by molar-refractivity contribution is 0.0226. The number of hydrogen-bond acceptors (Lipinski definition) is 8. The monoisotopic (exact) mass is 592 g/mol. The predicted molar refractivity (Wildman–Crippen MR) is 168 cm³/mol.